The Morgan fingerprint density at radius 1 is 1.35 bits per heavy atom. The zero-order chi connectivity index (χ0) is 14.5. The van der Waals surface area contributed by atoms with E-state index >= 15 is 0 Å². The van der Waals surface area contributed by atoms with Crippen molar-refractivity contribution in [3.63, 3.8) is 0 Å². The molecule has 0 bridgehead atoms. The number of hydrogen-bond acceptors (Lipinski definition) is 5. The first-order valence-corrected chi connectivity index (χ1v) is 7.42. The standard InChI is InChI=1S/C15H25N3O2/c1-11(2)20-14-8-16-15(17-9-14)18(3)13(10-19)7-12-5-4-6-12/h8-9,11-13,19H,4-7,10H2,1-3H3/t13-/m1/s1. The van der Waals surface area contributed by atoms with Gasteiger partial charge in [0.15, 0.2) is 5.75 Å². The van der Waals surface area contributed by atoms with Crippen molar-refractivity contribution >= 4 is 5.95 Å². The molecule has 5 heteroatoms. The summed E-state index contributed by atoms with van der Waals surface area (Å²) in [6, 6.07) is 0.0946. The van der Waals surface area contributed by atoms with Crippen molar-refractivity contribution in [1.29, 1.82) is 0 Å². The van der Waals surface area contributed by atoms with Crippen LogP contribution in [0.2, 0.25) is 0 Å². The summed E-state index contributed by atoms with van der Waals surface area (Å²) in [5, 5.41) is 9.58. The Kier molecular flexibility index (Phi) is 5.17. The molecule has 1 aromatic rings. The number of aliphatic hydroxyl groups excluding tert-OH is 1. The van der Waals surface area contributed by atoms with Crippen LogP contribution in [0.15, 0.2) is 12.4 Å². The van der Waals surface area contributed by atoms with E-state index < -0.39 is 0 Å². The minimum atomic E-state index is 0.0946. The smallest absolute Gasteiger partial charge is 0.225 e. The molecule has 0 spiro atoms. The monoisotopic (exact) mass is 279 g/mol. The topological polar surface area (TPSA) is 58.5 Å². The highest BCUT2D eigenvalue weighted by molar-refractivity contribution is 5.32. The van der Waals surface area contributed by atoms with E-state index in [0.29, 0.717) is 11.7 Å². The molecule has 0 aromatic carbocycles. The van der Waals surface area contributed by atoms with Gasteiger partial charge in [0, 0.05) is 7.05 Å². The molecular formula is C15H25N3O2. The van der Waals surface area contributed by atoms with Gasteiger partial charge in [-0.3, -0.25) is 0 Å². The van der Waals surface area contributed by atoms with Gasteiger partial charge in [-0.2, -0.15) is 0 Å². The van der Waals surface area contributed by atoms with E-state index in [1.807, 2.05) is 25.8 Å². The van der Waals surface area contributed by atoms with Gasteiger partial charge in [-0.05, 0) is 26.2 Å². The number of rotatable bonds is 7. The first kappa shape index (κ1) is 15.0. The number of nitrogens with zero attached hydrogens (tertiary/aromatic N) is 3. The van der Waals surface area contributed by atoms with Crippen LogP contribution in [0.5, 0.6) is 5.75 Å². The Labute approximate surface area is 121 Å². The summed E-state index contributed by atoms with van der Waals surface area (Å²) in [7, 11) is 1.94. The van der Waals surface area contributed by atoms with Gasteiger partial charge in [0.25, 0.3) is 0 Å². The molecule has 2 rings (SSSR count). The van der Waals surface area contributed by atoms with Crippen molar-refractivity contribution < 1.29 is 9.84 Å². The molecule has 1 aliphatic carbocycles. The molecule has 0 amide bonds. The second-order valence-electron chi connectivity index (χ2n) is 5.87. The maximum atomic E-state index is 9.58. The fourth-order valence-corrected chi connectivity index (χ4v) is 2.46. The fourth-order valence-electron chi connectivity index (χ4n) is 2.46. The third-order valence-corrected chi connectivity index (χ3v) is 3.89. The van der Waals surface area contributed by atoms with Crippen LogP contribution in [0, 0.1) is 5.92 Å². The molecule has 0 unspecified atom stereocenters. The number of anilines is 1. The summed E-state index contributed by atoms with van der Waals surface area (Å²) in [6.07, 6.45) is 8.41. The van der Waals surface area contributed by atoms with Gasteiger partial charge in [0.05, 0.1) is 31.1 Å². The zero-order valence-electron chi connectivity index (χ0n) is 12.6. The van der Waals surface area contributed by atoms with E-state index in [9.17, 15) is 5.11 Å². The summed E-state index contributed by atoms with van der Waals surface area (Å²) >= 11 is 0. The summed E-state index contributed by atoms with van der Waals surface area (Å²) in [5.41, 5.74) is 0. The second kappa shape index (κ2) is 6.88. The fraction of sp³-hybridized carbons (Fsp3) is 0.733. The Hall–Kier alpha value is -1.36. The highest BCUT2D eigenvalue weighted by atomic mass is 16.5. The van der Waals surface area contributed by atoms with Crippen molar-refractivity contribution in [3.05, 3.63) is 12.4 Å². The third-order valence-electron chi connectivity index (χ3n) is 3.89. The van der Waals surface area contributed by atoms with Crippen molar-refractivity contribution in [3.8, 4) is 5.75 Å². The van der Waals surface area contributed by atoms with E-state index in [1.165, 1.54) is 19.3 Å². The molecule has 112 valence electrons. The van der Waals surface area contributed by atoms with Gasteiger partial charge in [-0.15, -0.1) is 0 Å². The molecule has 1 heterocycles. The minimum absolute atomic E-state index is 0.0946. The molecule has 20 heavy (non-hydrogen) atoms. The highest BCUT2D eigenvalue weighted by Crippen LogP contribution is 2.31. The van der Waals surface area contributed by atoms with Crippen molar-refractivity contribution in [2.24, 2.45) is 5.92 Å². The average molecular weight is 279 g/mol. The zero-order valence-corrected chi connectivity index (χ0v) is 12.6. The van der Waals surface area contributed by atoms with Crippen molar-refractivity contribution in [2.75, 3.05) is 18.6 Å². The van der Waals surface area contributed by atoms with Crippen LogP contribution >= 0.6 is 0 Å². The Bertz CT molecular complexity index is 404. The second-order valence-corrected chi connectivity index (χ2v) is 5.87. The van der Waals surface area contributed by atoms with Gasteiger partial charge >= 0.3 is 0 Å². The van der Waals surface area contributed by atoms with Gasteiger partial charge < -0.3 is 14.7 Å². The van der Waals surface area contributed by atoms with Gasteiger partial charge in [-0.25, -0.2) is 9.97 Å². The third kappa shape index (κ3) is 3.82. The minimum Gasteiger partial charge on any atom is -0.488 e. The van der Waals surface area contributed by atoms with E-state index in [0.717, 1.165) is 12.3 Å². The highest BCUT2D eigenvalue weighted by Gasteiger charge is 2.25. The lowest BCUT2D eigenvalue weighted by molar-refractivity contribution is 0.207. The molecule has 0 aliphatic heterocycles. The maximum absolute atomic E-state index is 9.58. The quantitative estimate of drug-likeness (QED) is 0.829. The average Bonchev–Trinajstić information content (AvgIpc) is 2.37. The molecular weight excluding hydrogens is 254 g/mol. The van der Waals surface area contributed by atoms with Crippen LogP contribution in [0.3, 0.4) is 0 Å². The molecule has 1 atom stereocenters. The van der Waals surface area contributed by atoms with Crippen LogP contribution in [-0.4, -0.2) is 40.9 Å². The molecule has 0 radical (unpaired) electrons. The summed E-state index contributed by atoms with van der Waals surface area (Å²) in [4.78, 5) is 10.6. The van der Waals surface area contributed by atoms with Gasteiger partial charge in [0.1, 0.15) is 0 Å². The maximum Gasteiger partial charge on any atom is 0.225 e. The van der Waals surface area contributed by atoms with E-state index in [-0.39, 0.29) is 18.8 Å². The molecule has 1 fully saturated rings. The molecule has 1 N–H and O–H groups in total. The molecule has 0 saturated heterocycles. The largest absolute Gasteiger partial charge is 0.488 e. The van der Waals surface area contributed by atoms with E-state index in [4.69, 9.17) is 4.74 Å². The number of aliphatic hydroxyl groups is 1. The van der Waals surface area contributed by atoms with Gasteiger partial charge in [0.2, 0.25) is 5.95 Å². The predicted molar refractivity (Wildman–Crippen MR) is 79.0 cm³/mol. The molecule has 5 nitrogen and oxygen atoms in total. The summed E-state index contributed by atoms with van der Waals surface area (Å²) in [5.74, 6) is 2.06. The summed E-state index contributed by atoms with van der Waals surface area (Å²) < 4.78 is 5.53. The van der Waals surface area contributed by atoms with Crippen LogP contribution in [-0.2, 0) is 0 Å². The molecule has 1 aliphatic rings. The van der Waals surface area contributed by atoms with E-state index in [1.54, 1.807) is 12.4 Å². The van der Waals surface area contributed by atoms with Crippen molar-refractivity contribution in [1.82, 2.24) is 9.97 Å². The van der Waals surface area contributed by atoms with Crippen molar-refractivity contribution in [2.45, 2.75) is 51.7 Å². The van der Waals surface area contributed by atoms with Crippen LogP contribution in [0.4, 0.5) is 5.95 Å². The van der Waals surface area contributed by atoms with Gasteiger partial charge in [-0.1, -0.05) is 19.3 Å². The van der Waals surface area contributed by atoms with Crippen LogP contribution in [0.25, 0.3) is 0 Å². The number of hydrogen-bond donors (Lipinski definition) is 1. The lowest BCUT2D eigenvalue weighted by Crippen LogP contribution is -2.38. The van der Waals surface area contributed by atoms with Crippen LogP contribution < -0.4 is 9.64 Å². The first-order valence-electron chi connectivity index (χ1n) is 7.42. The predicted octanol–water partition coefficient (Wildman–Crippen LogP) is 2.25. The van der Waals surface area contributed by atoms with Crippen LogP contribution in [0.1, 0.15) is 39.5 Å². The molecule has 1 saturated carbocycles. The SMILES string of the molecule is CC(C)Oc1cnc(N(C)[C@@H](CO)CC2CCC2)nc1. The number of ether oxygens (including phenoxy) is 1. The Morgan fingerprint density at radius 3 is 2.45 bits per heavy atom. The lowest BCUT2D eigenvalue weighted by Gasteiger charge is -2.33. The Morgan fingerprint density at radius 2 is 2.00 bits per heavy atom. The number of likely N-dealkylation sites (N-methyl/N-ethyl adjacent to an activating group) is 1. The number of aromatic nitrogens is 2. The summed E-state index contributed by atoms with van der Waals surface area (Å²) in [6.45, 7) is 4.08. The first-order chi connectivity index (χ1) is 9.60. The normalized spacial score (nSPS) is 16.9. The molecule has 1 aromatic heterocycles. The Balaban J connectivity index is 1.97. The van der Waals surface area contributed by atoms with E-state index in [2.05, 4.69) is 9.97 Å². The lowest BCUT2D eigenvalue weighted by atomic mass is 9.81.